The highest BCUT2D eigenvalue weighted by molar-refractivity contribution is 6.21. The second-order valence-corrected chi connectivity index (χ2v) is 7.10. The largest absolute Gasteiger partial charge is 0.460 e. The molecule has 2 heterocycles. The van der Waals surface area contributed by atoms with Crippen LogP contribution >= 0.6 is 0 Å². The molecule has 0 saturated carbocycles. The number of rotatable bonds is 6. The van der Waals surface area contributed by atoms with E-state index in [1.807, 2.05) is 0 Å². The van der Waals surface area contributed by atoms with Crippen molar-refractivity contribution in [2.24, 2.45) is 5.73 Å². The predicted molar refractivity (Wildman–Crippen MR) is 106 cm³/mol. The molecule has 3 N–H and O–H groups in total. The average molecular weight is 416 g/mol. The fourth-order valence-corrected chi connectivity index (χ4v) is 3.71. The summed E-state index contributed by atoms with van der Waals surface area (Å²) in [4.78, 5) is 39.6. The van der Waals surface area contributed by atoms with Gasteiger partial charge in [0.1, 0.15) is 28.9 Å². The molecule has 1 amide bonds. The Kier molecular flexibility index (Phi) is 5.84. The maximum Gasteiger partial charge on any atom is 0.341 e. The Morgan fingerprint density at radius 2 is 1.87 bits per heavy atom. The van der Waals surface area contributed by atoms with E-state index in [0.717, 1.165) is 0 Å². The fraction of sp³-hybridized carbons (Fsp3) is 0.381. The number of nitrogens with two attached hydrogens (primary N) is 1. The van der Waals surface area contributed by atoms with Crippen LogP contribution in [0.5, 0.6) is 0 Å². The summed E-state index contributed by atoms with van der Waals surface area (Å²) in [7, 11) is 1.47. The van der Waals surface area contributed by atoms with Gasteiger partial charge >= 0.3 is 11.9 Å². The topological polar surface area (TPSA) is 126 Å². The van der Waals surface area contributed by atoms with Gasteiger partial charge in [-0.3, -0.25) is 4.79 Å². The van der Waals surface area contributed by atoms with Crippen molar-refractivity contribution in [1.29, 1.82) is 0 Å². The standard InChI is InChI=1S/C21H24N2O7/c1-11(2)29-19(25)16-17(22)30-12(3)15(18(24)28-10-9-27-4)21(16)13-7-5-6-8-14(13)23-20(21)26/h5-8,11H,9-10,22H2,1-4H3,(H,23,26). The number of methoxy groups -OCH3 is 1. The van der Waals surface area contributed by atoms with Crippen LogP contribution in [0, 0.1) is 0 Å². The maximum absolute atomic E-state index is 13.4. The van der Waals surface area contributed by atoms with Gasteiger partial charge in [0.25, 0.3) is 0 Å². The Morgan fingerprint density at radius 3 is 2.53 bits per heavy atom. The molecular formula is C21H24N2O7. The lowest BCUT2D eigenvalue weighted by atomic mass is 9.67. The van der Waals surface area contributed by atoms with Gasteiger partial charge in [-0.15, -0.1) is 0 Å². The van der Waals surface area contributed by atoms with Crippen LogP contribution < -0.4 is 11.1 Å². The zero-order valence-corrected chi connectivity index (χ0v) is 17.2. The van der Waals surface area contributed by atoms with Gasteiger partial charge in [0, 0.05) is 18.4 Å². The van der Waals surface area contributed by atoms with Crippen LogP contribution in [0.1, 0.15) is 26.3 Å². The van der Waals surface area contributed by atoms with E-state index in [0.29, 0.717) is 11.3 Å². The zero-order valence-electron chi connectivity index (χ0n) is 17.2. The number of fused-ring (bicyclic) bond motifs is 2. The molecule has 9 heteroatoms. The van der Waals surface area contributed by atoms with Crippen molar-refractivity contribution < 1.29 is 33.3 Å². The van der Waals surface area contributed by atoms with E-state index in [2.05, 4.69) is 5.32 Å². The van der Waals surface area contributed by atoms with Crippen molar-refractivity contribution in [3.05, 3.63) is 52.6 Å². The first-order valence-corrected chi connectivity index (χ1v) is 9.42. The summed E-state index contributed by atoms with van der Waals surface area (Å²) in [5.74, 6) is -2.55. The number of anilines is 1. The lowest BCUT2D eigenvalue weighted by Gasteiger charge is -2.35. The van der Waals surface area contributed by atoms with E-state index >= 15 is 0 Å². The number of carbonyl (C=O) groups excluding carboxylic acids is 3. The number of nitrogens with one attached hydrogen (secondary N) is 1. The minimum atomic E-state index is -1.86. The Hall–Kier alpha value is -3.33. The van der Waals surface area contributed by atoms with E-state index in [-0.39, 0.29) is 36.0 Å². The molecule has 2 aliphatic heterocycles. The molecule has 0 aliphatic carbocycles. The van der Waals surface area contributed by atoms with Crippen LogP contribution in [0.25, 0.3) is 0 Å². The molecule has 160 valence electrons. The fourth-order valence-electron chi connectivity index (χ4n) is 3.71. The number of hydrogen-bond donors (Lipinski definition) is 2. The second-order valence-electron chi connectivity index (χ2n) is 7.10. The molecule has 1 aromatic rings. The van der Waals surface area contributed by atoms with Crippen molar-refractivity contribution in [2.75, 3.05) is 25.6 Å². The summed E-state index contributed by atoms with van der Waals surface area (Å²) in [6.45, 7) is 4.93. The molecule has 0 radical (unpaired) electrons. The Balaban J connectivity index is 2.25. The van der Waals surface area contributed by atoms with E-state index < -0.39 is 29.4 Å². The molecular weight excluding hydrogens is 392 g/mol. The number of ether oxygens (including phenoxy) is 4. The molecule has 3 rings (SSSR count). The lowest BCUT2D eigenvalue weighted by Crippen LogP contribution is -2.48. The highest BCUT2D eigenvalue weighted by Crippen LogP contribution is 2.52. The van der Waals surface area contributed by atoms with Crippen LogP contribution in [0.15, 0.2) is 47.1 Å². The van der Waals surface area contributed by atoms with Crippen LogP contribution in [0.4, 0.5) is 5.69 Å². The highest BCUT2D eigenvalue weighted by Gasteiger charge is 2.61. The number of esters is 2. The molecule has 0 bridgehead atoms. The highest BCUT2D eigenvalue weighted by atomic mass is 16.6. The third-order valence-electron chi connectivity index (χ3n) is 4.80. The summed E-state index contributed by atoms with van der Waals surface area (Å²) in [5, 5.41) is 2.73. The number of carbonyl (C=O) groups is 3. The molecule has 9 nitrogen and oxygen atoms in total. The number of benzene rings is 1. The summed E-state index contributed by atoms with van der Waals surface area (Å²) in [6.07, 6.45) is -0.487. The summed E-state index contributed by atoms with van der Waals surface area (Å²) in [6, 6.07) is 6.73. The minimum absolute atomic E-state index is 0.0452. The van der Waals surface area contributed by atoms with Gasteiger partial charge in [-0.1, -0.05) is 18.2 Å². The molecule has 1 aromatic carbocycles. The third kappa shape index (κ3) is 3.30. The van der Waals surface area contributed by atoms with E-state index in [1.54, 1.807) is 38.1 Å². The molecule has 2 aliphatic rings. The summed E-state index contributed by atoms with van der Waals surface area (Å²) < 4.78 is 21.1. The smallest absolute Gasteiger partial charge is 0.341 e. The summed E-state index contributed by atoms with van der Waals surface area (Å²) >= 11 is 0. The van der Waals surface area contributed by atoms with Gasteiger partial charge in [0.05, 0.1) is 12.7 Å². The van der Waals surface area contributed by atoms with Gasteiger partial charge in [0.2, 0.25) is 11.8 Å². The molecule has 0 fully saturated rings. The van der Waals surface area contributed by atoms with Crippen LogP contribution in [-0.4, -0.2) is 44.3 Å². The number of hydrogen-bond acceptors (Lipinski definition) is 8. The van der Waals surface area contributed by atoms with E-state index in [9.17, 15) is 14.4 Å². The van der Waals surface area contributed by atoms with Gasteiger partial charge in [0.15, 0.2) is 0 Å². The van der Waals surface area contributed by atoms with E-state index in [1.165, 1.54) is 14.0 Å². The van der Waals surface area contributed by atoms with Crippen LogP contribution in [0.2, 0.25) is 0 Å². The SMILES string of the molecule is COCCOC(=O)C1=C(C)OC(N)=C(C(=O)OC(C)C)C12C(=O)Nc1ccccc12. The van der Waals surface area contributed by atoms with Crippen LogP contribution in [0.3, 0.4) is 0 Å². The summed E-state index contributed by atoms with van der Waals surface area (Å²) in [5.41, 5.74) is 4.65. The normalized spacial score (nSPS) is 20.2. The van der Waals surface area contributed by atoms with Gasteiger partial charge in [-0.25, -0.2) is 9.59 Å². The monoisotopic (exact) mass is 416 g/mol. The molecule has 1 unspecified atom stereocenters. The first-order valence-electron chi connectivity index (χ1n) is 9.42. The molecule has 1 spiro atoms. The third-order valence-corrected chi connectivity index (χ3v) is 4.80. The number of allylic oxidation sites excluding steroid dienone is 1. The van der Waals surface area contributed by atoms with E-state index in [4.69, 9.17) is 24.7 Å². The molecule has 0 aromatic heterocycles. The lowest BCUT2D eigenvalue weighted by molar-refractivity contribution is -0.146. The van der Waals surface area contributed by atoms with Crippen molar-refractivity contribution in [3.63, 3.8) is 0 Å². The van der Waals surface area contributed by atoms with Crippen molar-refractivity contribution >= 4 is 23.5 Å². The number of para-hydroxylation sites is 1. The first-order chi connectivity index (χ1) is 14.2. The van der Waals surface area contributed by atoms with Crippen molar-refractivity contribution in [1.82, 2.24) is 0 Å². The minimum Gasteiger partial charge on any atom is -0.460 e. The zero-order chi connectivity index (χ0) is 22.1. The quantitative estimate of drug-likeness (QED) is 0.528. The van der Waals surface area contributed by atoms with Gasteiger partial charge < -0.3 is 30.0 Å². The maximum atomic E-state index is 13.4. The van der Waals surface area contributed by atoms with Crippen LogP contribution in [-0.2, 0) is 38.7 Å². The van der Waals surface area contributed by atoms with Gasteiger partial charge in [-0.2, -0.15) is 0 Å². The Labute approximate surface area is 173 Å². The van der Waals surface area contributed by atoms with Crippen molar-refractivity contribution in [3.8, 4) is 0 Å². The number of amides is 1. The molecule has 0 saturated heterocycles. The Bertz CT molecular complexity index is 964. The van der Waals surface area contributed by atoms with Gasteiger partial charge in [-0.05, 0) is 26.8 Å². The first kappa shape index (κ1) is 21.4. The Morgan fingerprint density at radius 1 is 1.17 bits per heavy atom. The molecule has 30 heavy (non-hydrogen) atoms. The average Bonchev–Trinajstić information content (AvgIpc) is 2.93. The van der Waals surface area contributed by atoms with Crippen molar-refractivity contribution in [2.45, 2.75) is 32.3 Å². The molecule has 1 atom stereocenters. The predicted octanol–water partition coefficient (Wildman–Crippen LogP) is 1.49. The second kappa shape index (κ2) is 8.19.